The third-order valence-electron chi connectivity index (χ3n) is 11.1. The van der Waals surface area contributed by atoms with Gasteiger partial charge in [0.2, 0.25) is 5.91 Å². The fourth-order valence-corrected chi connectivity index (χ4v) is 8.13. The molecule has 4 aliphatic rings. The fraction of sp³-hybridized carbons (Fsp3) is 0.348. The number of fused-ring (bicyclic) bond motifs is 2. The molecule has 2 fully saturated rings. The highest BCUT2D eigenvalue weighted by molar-refractivity contribution is 7.80. The average molecular weight is 892 g/mol. The van der Waals surface area contributed by atoms with E-state index in [9.17, 15) is 15.3 Å². The molecule has 2 saturated heterocycles. The molecule has 0 bridgehead atoms. The van der Waals surface area contributed by atoms with Crippen molar-refractivity contribution in [3.8, 4) is 23.6 Å². The Morgan fingerprint density at radius 3 is 1.53 bits per heavy atom. The number of benzodiazepines with no additional fused rings is 2. The standard InChI is InChI=1S/C23H24ClN5O2.C23H24ClN5OS/c1-28-6-8-29(9-7-28)10-11-31-21-13-20-18(12-16(21)14-25)23(26-15-22(30)27-20)17-4-2-3-5-19(17)24;1-28-6-8-29(9-7-28)10-11-30-21-13-20-18(12-16(21)14-25)23(26-15-22(31)27-20)17-4-2-3-5-19(17)24/h2-5,12-13H,6-11,15H2,1H3,(H,27,30);2-5,12-13H,6-11,15H2,1H3,(H,27,31). The van der Waals surface area contributed by atoms with Crippen molar-refractivity contribution in [3.05, 3.63) is 116 Å². The number of rotatable bonds is 10. The summed E-state index contributed by atoms with van der Waals surface area (Å²) in [6.45, 7) is 11.2. The molecule has 320 valence electrons. The maximum atomic E-state index is 12.3. The van der Waals surface area contributed by atoms with Crippen LogP contribution in [0.3, 0.4) is 0 Å². The molecular formula is C46H48Cl2N10O3S. The summed E-state index contributed by atoms with van der Waals surface area (Å²) in [7, 11) is 4.26. The van der Waals surface area contributed by atoms with E-state index in [4.69, 9.17) is 44.9 Å². The van der Waals surface area contributed by atoms with Gasteiger partial charge < -0.3 is 29.9 Å². The van der Waals surface area contributed by atoms with Crippen molar-refractivity contribution in [2.45, 2.75) is 0 Å². The van der Waals surface area contributed by atoms with E-state index in [1.807, 2.05) is 54.6 Å². The lowest BCUT2D eigenvalue weighted by atomic mass is 9.98. The summed E-state index contributed by atoms with van der Waals surface area (Å²) in [4.78, 5) is 31.4. The number of nitrogens with zero attached hydrogens (tertiary/aromatic N) is 8. The lowest BCUT2D eigenvalue weighted by Crippen LogP contribution is -2.45. The normalized spacial score (nSPS) is 17.2. The van der Waals surface area contributed by atoms with Gasteiger partial charge in [-0.25, -0.2) is 0 Å². The van der Waals surface area contributed by atoms with E-state index in [0.29, 0.717) is 80.1 Å². The van der Waals surface area contributed by atoms with Crippen LogP contribution >= 0.6 is 35.4 Å². The summed E-state index contributed by atoms with van der Waals surface area (Å²) in [5.41, 5.74) is 6.47. The minimum Gasteiger partial charge on any atom is -0.491 e. The molecular weight excluding hydrogens is 844 g/mol. The number of halogens is 2. The van der Waals surface area contributed by atoms with Crippen molar-refractivity contribution in [2.24, 2.45) is 9.98 Å². The SMILES string of the molecule is CN1CCN(CCOc2cc3c(cc2C#N)C(c2ccccc2Cl)=NCC(=O)N3)CC1.CN1CCN(CCOc2cc3c(cc2C#N)C(c2ccccc2Cl)=NCC(=S)N3)CC1. The summed E-state index contributed by atoms with van der Waals surface area (Å²) < 4.78 is 12.0. The van der Waals surface area contributed by atoms with E-state index in [1.165, 1.54) is 0 Å². The quantitative estimate of drug-likeness (QED) is 0.180. The van der Waals surface area contributed by atoms with Gasteiger partial charge in [-0.2, -0.15) is 10.5 Å². The van der Waals surface area contributed by atoms with Crippen LogP contribution in [0.4, 0.5) is 11.4 Å². The van der Waals surface area contributed by atoms with Crippen molar-refractivity contribution >= 4 is 69.1 Å². The molecule has 0 spiro atoms. The number of anilines is 2. The van der Waals surface area contributed by atoms with Gasteiger partial charge >= 0.3 is 0 Å². The molecule has 4 aromatic rings. The van der Waals surface area contributed by atoms with Crippen LogP contribution < -0.4 is 20.1 Å². The zero-order chi connectivity index (χ0) is 43.6. The van der Waals surface area contributed by atoms with Crippen LogP contribution in [0.2, 0.25) is 10.0 Å². The predicted octanol–water partition coefficient (Wildman–Crippen LogP) is 6.06. The Bertz CT molecular complexity index is 2280. The number of likely N-dealkylation sites (N-methyl/N-ethyl adjacent to an activating group) is 2. The maximum absolute atomic E-state index is 12.3. The molecule has 13 nitrogen and oxygen atoms in total. The first-order chi connectivity index (χ1) is 30.1. The number of thiocarbonyl (C=S) groups is 1. The minimum atomic E-state index is -0.226. The maximum Gasteiger partial charge on any atom is 0.246 e. The number of nitrogens with one attached hydrogen (secondary N) is 2. The molecule has 16 heteroatoms. The Hall–Kier alpha value is -5.42. The van der Waals surface area contributed by atoms with E-state index >= 15 is 0 Å². The molecule has 0 saturated carbocycles. The number of ether oxygens (including phenoxy) is 2. The third kappa shape index (κ3) is 11.1. The fourth-order valence-electron chi connectivity index (χ4n) is 7.50. The molecule has 0 aromatic heterocycles. The van der Waals surface area contributed by atoms with Crippen molar-refractivity contribution in [1.29, 1.82) is 10.5 Å². The van der Waals surface area contributed by atoms with Gasteiger partial charge in [-0.1, -0.05) is 71.8 Å². The Morgan fingerprint density at radius 1 is 0.645 bits per heavy atom. The summed E-state index contributed by atoms with van der Waals surface area (Å²) in [6, 6.07) is 26.5. The predicted molar refractivity (Wildman–Crippen MR) is 250 cm³/mol. The number of hydrogen-bond acceptors (Lipinski definition) is 12. The van der Waals surface area contributed by atoms with E-state index in [1.54, 1.807) is 18.2 Å². The number of carbonyl (C=O) groups excluding carboxylic acids is 1. The average Bonchev–Trinajstić information content (AvgIpc) is 3.54. The molecule has 4 aromatic carbocycles. The molecule has 2 N–H and O–H groups in total. The number of piperazine rings is 2. The number of amides is 1. The summed E-state index contributed by atoms with van der Waals surface area (Å²) >= 11 is 18.2. The van der Waals surface area contributed by atoms with Gasteiger partial charge in [-0.15, -0.1) is 0 Å². The van der Waals surface area contributed by atoms with E-state index in [2.05, 4.69) is 66.5 Å². The Balaban J connectivity index is 0.000000186. The van der Waals surface area contributed by atoms with E-state index in [0.717, 1.165) is 87.8 Å². The van der Waals surface area contributed by atoms with Crippen LogP contribution in [-0.2, 0) is 4.79 Å². The molecule has 8 rings (SSSR count). The zero-order valence-electron chi connectivity index (χ0n) is 34.8. The van der Waals surface area contributed by atoms with E-state index in [-0.39, 0.29) is 12.5 Å². The Kier molecular flexibility index (Phi) is 15.2. The van der Waals surface area contributed by atoms with Crippen LogP contribution in [0.15, 0.2) is 82.8 Å². The lowest BCUT2D eigenvalue weighted by molar-refractivity contribution is -0.114. The minimum absolute atomic E-state index is 0.0171. The second-order valence-electron chi connectivity index (χ2n) is 15.4. The Labute approximate surface area is 378 Å². The monoisotopic (exact) mass is 890 g/mol. The van der Waals surface area contributed by atoms with Gasteiger partial charge in [0.1, 0.15) is 48.4 Å². The van der Waals surface area contributed by atoms with Crippen molar-refractivity contribution < 1.29 is 14.3 Å². The molecule has 4 aliphatic heterocycles. The molecule has 0 radical (unpaired) electrons. The van der Waals surface area contributed by atoms with Gasteiger partial charge in [0.25, 0.3) is 0 Å². The molecule has 4 heterocycles. The number of aliphatic imine (C=N–C) groups is 2. The summed E-state index contributed by atoms with van der Waals surface area (Å²) in [5.74, 6) is 0.776. The molecule has 1 amide bonds. The Morgan fingerprint density at radius 2 is 1.08 bits per heavy atom. The number of benzene rings is 4. The summed E-state index contributed by atoms with van der Waals surface area (Å²) in [6.07, 6.45) is 0. The highest BCUT2D eigenvalue weighted by atomic mass is 35.5. The largest absolute Gasteiger partial charge is 0.491 e. The van der Waals surface area contributed by atoms with Crippen molar-refractivity contribution in [2.75, 3.05) is 116 Å². The first-order valence-electron chi connectivity index (χ1n) is 20.5. The first-order valence-corrected chi connectivity index (χ1v) is 21.7. The molecule has 62 heavy (non-hydrogen) atoms. The van der Waals surface area contributed by atoms with Crippen LogP contribution in [-0.4, -0.2) is 148 Å². The van der Waals surface area contributed by atoms with Crippen molar-refractivity contribution in [3.63, 3.8) is 0 Å². The smallest absolute Gasteiger partial charge is 0.246 e. The number of nitriles is 2. The van der Waals surface area contributed by atoms with Crippen molar-refractivity contribution in [1.82, 2.24) is 19.6 Å². The second kappa shape index (κ2) is 21.1. The molecule has 0 atom stereocenters. The van der Waals surface area contributed by atoms with Crippen LogP contribution in [0, 0.1) is 22.7 Å². The van der Waals surface area contributed by atoms with Gasteiger partial charge in [0.05, 0.1) is 40.5 Å². The van der Waals surface area contributed by atoms with Crippen LogP contribution in [0.1, 0.15) is 33.4 Å². The number of carbonyl (C=O) groups is 1. The molecule has 0 aliphatic carbocycles. The van der Waals surface area contributed by atoms with Gasteiger partial charge in [-0.3, -0.25) is 24.6 Å². The van der Waals surface area contributed by atoms with E-state index < -0.39 is 0 Å². The van der Waals surface area contributed by atoms with Gasteiger partial charge in [0.15, 0.2) is 0 Å². The lowest BCUT2D eigenvalue weighted by Gasteiger charge is -2.32. The van der Waals surface area contributed by atoms with Gasteiger partial charge in [0, 0.05) is 110 Å². The third-order valence-corrected chi connectivity index (χ3v) is 12.0. The number of hydrogen-bond donors (Lipinski definition) is 2. The summed E-state index contributed by atoms with van der Waals surface area (Å²) in [5, 5.41) is 26.8. The zero-order valence-corrected chi connectivity index (χ0v) is 37.1. The molecule has 0 unspecified atom stereocenters. The van der Waals surface area contributed by atoms with Crippen LogP contribution in [0.5, 0.6) is 11.5 Å². The topological polar surface area (TPSA) is 145 Å². The highest BCUT2D eigenvalue weighted by Crippen LogP contribution is 2.34. The second-order valence-corrected chi connectivity index (χ2v) is 16.7. The van der Waals surface area contributed by atoms with Gasteiger partial charge in [-0.05, 0) is 38.4 Å². The highest BCUT2D eigenvalue weighted by Gasteiger charge is 2.24. The van der Waals surface area contributed by atoms with Crippen LogP contribution in [0.25, 0.3) is 0 Å². The first kappa shape index (κ1) is 44.6.